The molecule has 0 aliphatic heterocycles. The van der Waals surface area contributed by atoms with Crippen LogP contribution >= 0.6 is 43.2 Å². The van der Waals surface area contributed by atoms with E-state index < -0.39 is 0 Å². The molecule has 0 bridgehead atoms. The molecule has 3 heteroatoms. The molecule has 0 atom stereocenters. The predicted octanol–water partition coefficient (Wildman–Crippen LogP) is 6.61. The molecular weight excluding hydrogens is 384 g/mol. The van der Waals surface area contributed by atoms with Gasteiger partial charge in [-0.05, 0) is 47.5 Å². The monoisotopic (exact) mass is 392 g/mol. The average molecular weight is 394 g/mol. The van der Waals surface area contributed by atoms with Gasteiger partial charge in [-0.25, -0.2) is 0 Å². The van der Waals surface area contributed by atoms with Gasteiger partial charge in [0, 0.05) is 18.7 Å². The Morgan fingerprint density at radius 2 is 1.11 bits per heavy atom. The van der Waals surface area contributed by atoms with Crippen LogP contribution in [-0.2, 0) is 0 Å². The van der Waals surface area contributed by atoms with Gasteiger partial charge in [0.05, 0.1) is 0 Å². The maximum absolute atomic E-state index is 3.52. The van der Waals surface area contributed by atoms with E-state index in [1.807, 2.05) is 23.5 Å². The molecule has 0 spiro atoms. The van der Waals surface area contributed by atoms with Crippen LogP contribution in [0.2, 0.25) is 0 Å². The summed E-state index contributed by atoms with van der Waals surface area (Å²) in [7, 11) is 0. The Bertz CT molecular complexity index is 656. The highest BCUT2D eigenvalue weighted by Gasteiger charge is 2.05. The Balaban J connectivity index is 2.00. The van der Waals surface area contributed by atoms with E-state index in [4.69, 9.17) is 0 Å². The second kappa shape index (κ2) is 5.61. The molecule has 0 aliphatic carbocycles. The van der Waals surface area contributed by atoms with E-state index in [9.17, 15) is 0 Å². The standard InChI is InChI=1S/C16H10Br2S/c17-13-5-1-3-11(9-13)15-7-8-16(19-15)12-4-2-6-14(18)10-12/h1-10H. The van der Waals surface area contributed by atoms with Crippen molar-refractivity contribution >= 4 is 43.2 Å². The molecule has 3 aromatic rings. The topological polar surface area (TPSA) is 0 Å². The van der Waals surface area contributed by atoms with Gasteiger partial charge in [0.2, 0.25) is 0 Å². The van der Waals surface area contributed by atoms with Crippen LogP contribution in [0.15, 0.2) is 69.6 Å². The molecule has 19 heavy (non-hydrogen) atoms. The minimum atomic E-state index is 1.11. The summed E-state index contributed by atoms with van der Waals surface area (Å²) in [4.78, 5) is 2.58. The summed E-state index contributed by atoms with van der Waals surface area (Å²) in [6.45, 7) is 0. The molecule has 94 valence electrons. The summed E-state index contributed by atoms with van der Waals surface area (Å²) in [5.41, 5.74) is 2.50. The fourth-order valence-corrected chi connectivity index (χ4v) is 3.73. The molecule has 0 saturated carbocycles. The molecule has 2 aromatic carbocycles. The van der Waals surface area contributed by atoms with E-state index in [1.165, 1.54) is 20.9 Å². The third-order valence-corrected chi connectivity index (χ3v) is 4.99. The molecule has 0 unspecified atom stereocenters. The quantitative estimate of drug-likeness (QED) is 0.459. The fraction of sp³-hybridized carbons (Fsp3) is 0. The van der Waals surface area contributed by atoms with Gasteiger partial charge in [0.1, 0.15) is 0 Å². The normalized spacial score (nSPS) is 10.6. The van der Waals surface area contributed by atoms with Gasteiger partial charge in [-0.3, -0.25) is 0 Å². The van der Waals surface area contributed by atoms with Crippen LogP contribution in [0.4, 0.5) is 0 Å². The van der Waals surface area contributed by atoms with Gasteiger partial charge in [0.25, 0.3) is 0 Å². The van der Waals surface area contributed by atoms with Crippen LogP contribution < -0.4 is 0 Å². The van der Waals surface area contributed by atoms with Gasteiger partial charge in [-0.1, -0.05) is 56.1 Å². The Kier molecular flexibility index (Phi) is 3.87. The van der Waals surface area contributed by atoms with Gasteiger partial charge < -0.3 is 0 Å². The molecule has 3 rings (SSSR count). The van der Waals surface area contributed by atoms with Crippen molar-refractivity contribution in [3.63, 3.8) is 0 Å². The second-order valence-electron chi connectivity index (χ2n) is 4.18. The first-order chi connectivity index (χ1) is 9.22. The molecule has 0 amide bonds. The van der Waals surface area contributed by atoms with Crippen LogP contribution in [0.1, 0.15) is 0 Å². The van der Waals surface area contributed by atoms with Gasteiger partial charge in [-0.2, -0.15) is 0 Å². The summed E-state index contributed by atoms with van der Waals surface area (Å²) >= 11 is 8.85. The van der Waals surface area contributed by atoms with Gasteiger partial charge >= 0.3 is 0 Å². The molecule has 1 heterocycles. The molecule has 0 nitrogen and oxygen atoms in total. The van der Waals surface area contributed by atoms with E-state index in [-0.39, 0.29) is 0 Å². The zero-order valence-corrected chi connectivity index (χ0v) is 13.9. The smallest absolute Gasteiger partial charge is 0.0349 e. The van der Waals surface area contributed by atoms with Gasteiger partial charge in [-0.15, -0.1) is 11.3 Å². The molecule has 0 saturated heterocycles. The van der Waals surface area contributed by atoms with Crippen LogP contribution in [0, 0.1) is 0 Å². The Labute approximate surface area is 133 Å². The largest absolute Gasteiger partial charge is 0.135 e. The zero-order valence-electron chi connectivity index (χ0n) is 9.94. The highest BCUT2D eigenvalue weighted by Crippen LogP contribution is 2.35. The van der Waals surface area contributed by atoms with Crippen molar-refractivity contribution in [1.29, 1.82) is 0 Å². The van der Waals surface area contributed by atoms with Crippen molar-refractivity contribution in [2.75, 3.05) is 0 Å². The first-order valence-corrected chi connectivity index (χ1v) is 8.24. The van der Waals surface area contributed by atoms with Crippen molar-refractivity contribution in [2.45, 2.75) is 0 Å². The minimum absolute atomic E-state index is 1.11. The van der Waals surface area contributed by atoms with Crippen molar-refractivity contribution in [3.05, 3.63) is 69.6 Å². The van der Waals surface area contributed by atoms with E-state index in [1.54, 1.807) is 0 Å². The van der Waals surface area contributed by atoms with Crippen LogP contribution in [0.25, 0.3) is 20.9 Å². The predicted molar refractivity (Wildman–Crippen MR) is 90.6 cm³/mol. The average Bonchev–Trinajstić information content (AvgIpc) is 2.88. The number of benzene rings is 2. The summed E-state index contributed by atoms with van der Waals surface area (Å²) in [5, 5.41) is 0. The number of thiophene rings is 1. The first kappa shape index (κ1) is 13.1. The highest BCUT2D eigenvalue weighted by atomic mass is 79.9. The number of halogens is 2. The van der Waals surface area contributed by atoms with Crippen LogP contribution in [0.3, 0.4) is 0 Å². The number of hydrogen-bond acceptors (Lipinski definition) is 1. The van der Waals surface area contributed by atoms with Crippen molar-refractivity contribution < 1.29 is 0 Å². The van der Waals surface area contributed by atoms with Gasteiger partial charge in [0.15, 0.2) is 0 Å². The fourth-order valence-electron chi connectivity index (χ4n) is 1.93. The second-order valence-corrected chi connectivity index (χ2v) is 7.10. The zero-order chi connectivity index (χ0) is 13.2. The lowest BCUT2D eigenvalue weighted by molar-refractivity contribution is 1.64. The Morgan fingerprint density at radius 3 is 1.53 bits per heavy atom. The molecule has 0 N–H and O–H groups in total. The lowest BCUT2D eigenvalue weighted by Gasteiger charge is -1.99. The van der Waals surface area contributed by atoms with Crippen molar-refractivity contribution in [3.8, 4) is 20.9 Å². The van der Waals surface area contributed by atoms with E-state index in [0.29, 0.717) is 0 Å². The SMILES string of the molecule is Brc1cccc(-c2ccc(-c3cccc(Br)c3)s2)c1. The Hall–Kier alpha value is -0.900. The first-order valence-electron chi connectivity index (χ1n) is 5.84. The Morgan fingerprint density at radius 1 is 0.632 bits per heavy atom. The lowest BCUT2D eigenvalue weighted by atomic mass is 10.2. The molecule has 0 aliphatic rings. The van der Waals surface area contributed by atoms with Crippen LogP contribution in [0.5, 0.6) is 0 Å². The lowest BCUT2D eigenvalue weighted by Crippen LogP contribution is -1.71. The van der Waals surface area contributed by atoms with Crippen LogP contribution in [-0.4, -0.2) is 0 Å². The summed E-state index contributed by atoms with van der Waals surface area (Å²) in [6.07, 6.45) is 0. The highest BCUT2D eigenvalue weighted by molar-refractivity contribution is 9.10. The summed E-state index contributed by atoms with van der Waals surface area (Å²) in [5.74, 6) is 0. The van der Waals surface area contributed by atoms with Crippen molar-refractivity contribution in [2.24, 2.45) is 0 Å². The molecule has 1 aromatic heterocycles. The van der Waals surface area contributed by atoms with E-state index in [2.05, 4.69) is 80.4 Å². The number of rotatable bonds is 2. The summed E-state index contributed by atoms with van der Waals surface area (Å²) < 4.78 is 2.23. The van der Waals surface area contributed by atoms with Crippen molar-refractivity contribution in [1.82, 2.24) is 0 Å². The molecule has 0 radical (unpaired) electrons. The third-order valence-electron chi connectivity index (χ3n) is 2.82. The van der Waals surface area contributed by atoms with E-state index in [0.717, 1.165) is 8.95 Å². The molecular formula is C16H10Br2S. The maximum Gasteiger partial charge on any atom is 0.0349 e. The minimum Gasteiger partial charge on any atom is -0.135 e. The third kappa shape index (κ3) is 2.99. The van der Waals surface area contributed by atoms with E-state index >= 15 is 0 Å². The summed E-state index contributed by atoms with van der Waals surface area (Å²) in [6, 6.07) is 21.2. The maximum atomic E-state index is 3.52. The molecule has 0 fully saturated rings. The number of hydrogen-bond donors (Lipinski definition) is 0.